The third kappa shape index (κ3) is 2.04. The Balaban J connectivity index is 3.06. The summed E-state index contributed by atoms with van der Waals surface area (Å²) in [5, 5.41) is 0. The van der Waals surface area contributed by atoms with Gasteiger partial charge in [-0.05, 0) is 18.2 Å². The van der Waals surface area contributed by atoms with Crippen LogP contribution < -0.4 is 0 Å². The van der Waals surface area contributed by atoms with Crippen LogP contribution in [0.5, 0.6) is 0 Å². The average molecular weight is 204 g/mol. The SMILES string of the molecule is COC(=O)c1ccc(C(F)F)c(F)c1. The second-order valence-corrected chi connectivity index (χ2v) is 2.53. The van der Waals surface area contributed by atoms with E-state index in [1.807, 2.05) is 0 Å². The summed E-state index contributed by atoms with van der Waals surface area (Å²) in [5.41, 5.74) is -0.813. The summed E-state index contributed by atoms with van der Waals surface area (Å²) >= 11 is 0. The molecule has 0 heterocycles. The van der Waals surface area contributed by atoms with Gasteiger partial charge in [0.2, 0.25) is 0 Å². The molecule has 0 spiro atoms. The maximum atomic E-state index is 12.9. The van der Waals surface area contributed by atoms with E-state index in [4.69, 9.17) is 0 Å². The van der Waals surface area contributed by atoms with Gasteiger partial charge in [-0.2, -0.15) is 0 Å². The van der Waals surface area contributed by atoms with Gasteiger partial charge in [-0.25, -0.2) is 18.0 Å². The van der Waals surface area contributed by atoms with E-state index < -0.39 is 23.8 Å². The van der Waals surface area contributed by atoms with Crippen LogP contribution in [0.2, 0.25) is 0 Å². The molecule has 0 unspecified atom stereocenters. The zero-order valence-electron chi connectivity index (χ0n) is 7.26. The highest BCUT2D eigenvalue weighted by atomic mass is 19.3. The first kappa shape index (κ1) is 10.6. The van der Waals surface area contributed by atoms with Gasteiger partial charge in [-0.3, -0.25) is 0 Å². The van der Waals surface area contributed by atoms with E-state index in [9.17, 15) is 18.0 Å². The van der Waals surface area contributed by atoms with Crippen molar-refractivity contribution in [2.24, 2.45) is 0 Å². The van der Waals surface area contributed by atoms with Crippen LogP contribution in [-0.2, 0) is 4.74 Å². The molecule has 14 heavy (non-hydrogen) atoms. The number of carbonyl (C=O) groups is 1. The van der Waals surface area contributed by atoms with Gasteiger partial charge in [0, 0.05) is 0 Å². The minimum atomic E-state index is -2.89. The molecular weight excluding hydrogens is 197 g/mol. The lowest BCUT2D eigenvalue weighted by Crippen LogP contribution is -2.03. The van der Waals surface area contributed by atoms with E-state index >= 15 is 0 Å². The van der Waals surface area contributed by atoms with Gasteiger partial charge in [0.05, 0.1) is 18.2 Å². The van der Waals surface area contributed by atoms with E-state index in [1.54, 1.807) is 0 Å². The Kier molecular flexibility index (Phi) is 3.11. The number of methoxy groups -OCH3 is 1. The van der Waals surface area contributed by atoms with Crippen molar-refractivity contribution in [1.82, 2.24) is 0 Å². The zero-order chi connectivity index (χ0) is 10.7. The van der Waals surface area contributed by atoms with Gasteiger partial charge in [-0.1, -0.05) is 0 Å². The highest BCUT2D eigenvalue weighted by molar-refractivity contribution is 5.89. The van der Waals surface area contributed by atoms with Gasteiger partial charge < -0.3 is 4.74 Å². The van der Waals surface area contributed by atoms with Crippen LogP contribution in [0, 0.1) is 5.82 Å². The first-order chi connectivity index (χ1) is 6.56. The number of carbonyl (C=O) groups excluding carboxylic acids is 1. The van der Waals surface area contributed by atoms with Crippen molar-refractivity contribution in [3.63, 3.8) is 0 Å². The van der Waals surface area contributed by atoms with Crippen molar-refractivity contribution >= 4 is 5.97 Å². The topological polar surface area (TPSA) is 26.3 Å². The van der Waals surface area contributed by atoms with Crippen molar-refractivity contribution in [2.75, 3.05) is 7.11 Å². The highest BCUT2D eigenvalue weighted by Gasteiger charge is 2.15. The molecule has 5 heteroatoms. The number of alkyl halides is 2. The predicted molar refractivity (Wildman–Crippen MR) is 42.7 cm³/mol. The number of halogens is 3. The molecule has 0 atom stereocenters. The summed E-state index contributed by atoms with van der Waals surface area (Å²) in [6.07, 6.45) is -2.89. The minimum absolute atomic E-state index is 0.0885. The molecule has 0 aromatic heterocycles. The Morgan fingerprint density at radius 3 is 2.50 bits per heavy atom. The monoisotopic (exact) mass is 204 g/mol. The summed E-state index contributed by atoms with van der Waals surface area (Å²) in [5.74, 6) is -1.87. The lowest BCUT2D eigenvalue weighted by molar-refractivity contribution is 0.0599. The molecular formula is C9H7F3O2. The van der Waals surface area contributed by atoms with E-state index in [0.717, 1.165) is 25.3 Å². The maximum absolute atomic E-state index is 12.9. The summed E-state index contributed by atoms with van der Waals surface area (Å²) in [4.78, 5) is 10.9. The standard InChI is InChI=1S/C9H7F3O2/c1-14-9(13)5-2-3-6(8(11)12)7(10)4-5/h2-4,8H,1H3. The van der Waals surface area contributed by atoms with Crippen LogP contribution in [0.3, 0.4) is 0 Å². The van der Waals surface area contributed by atoms with Crippen molar-refractivity contribution in [3.8, 4) is 0 Å². The Bertz CT molecular complexity index is 350. The van der Waals surface area contributed by atoms with Gasteiger partial charge in [0.25, 0.3) is 6.43 Å². The van der Waals surface area contributed by atoms with E-state index in [1.165, 1.54) is 0 Å². The molecule has 0 radical (unpaired) electrons. The third-order valence-electron chi connectivity index (χ3n) is 1.66. The Morgan fingerprint density at radius 1 is 1.43 bits per heavy atom. The number of hydrogen-bond donors (Lipinski definition) is 0. The molecule has 0 aliphatic heterocycles. The van der Waals surface area contributed by atoms with E-state index in [-0.39, 0.29) is 5.56 Å². The quantitative estimate of drug-likeness (QED) is 0.692. The maximum Gasteiger partial charge on any atom is 0.337 e. The molecule has 0 fully saturated rings. The second-order valence-electron chi connectivity index (χ2n) is 2.53. The van der Waals surface area contributed by atoms with Gasteiger partial charge in [-0.15, -0.1) is 0 Å². The minimum Gasteiger partial charge on any atom is -0.465 e. The van der Waals surface area contributed by atoms with Crippen LogP contribution in [0.1, 0.15) is 22.3 Å². The molecule has 0 amide bonds. The fourth-order valence-corrected chi connectivity index (χ4v) is 0.949. The molecule has 0 bridgehead atoms. The molecule has 0 saturated carbocycles. The van der Waals surface area contributed by atoms with E-state index in [0.29, 0.717) is 0 Å². The smallest absolute Gasteiger partial charge is 0.337 e. The van der Waals surface area contributed by atoms with Crippen LogP contribution in [-0.4, -0.2) is 13.1 Å². The Morgan fingerprint density at radius 2 is 2.07 bits per heavy atom. The van der Waals surface area contributed by atoms with Gasteiger partial charge >= 0.3 is 5.97 Å². The molecule has 1 rings (SSSR count). The fourth-order valence-electron chi connectivity index (χ4n) is 0.949. The molecule has 1 aromatic rings. The molecule has 0 saturated heterocycles. The second kappa shape index (κ2) is 4.13. The van der Waals surface area contributed by atoms with E-state index in [2.05, 4.69) is 4.74 Å². The van der Waals surface area contributed by atoms with Crippen LogP contribution in [0.25, 0.3) is 0 Å². The lowest BCUT2D eigenvalue weighted by Gasteiger charge is -2.03. The normalized spacial score (nSPS) is 10.4. The summed E-state index contributed by atoms with van der Waals surface area (Å²) < 4.78 is 41.4. The fraction of sp³-hybridized carbons (Fsp3) is 0.222. The number of esters is 1. The van der Waals surface area contributed by atoms with Crippen molar-refractivity contribution in [3.05, 3.63) is 35.1 Å². The Labute approximate surface area is 78.3 Å². The van der Waals surface area contributed by atoms with Crippen LogP contribution in [0.15, 0.2) is 18.2 Å². The summed E-state index contributed by atoms with van der Waals surface area (Å²) in [6, 6.07) is 2.69. The zero-order valence-corrected chi connectivity index (χ0v) is 7.26. The van der Waals surface area contributed by atoms with Gasteiger partial charge in [0.15, 0.2) is 0 Å². The molecule has 0 aliphatic carbocycles. The lowest BCUT2D eigenvalue weighted by atomic mass is 10.1. The largest absolute Gasteiger partial charge is 0.465 e. The number of benzene rings is 1. The first-order valence-corrected chi connectivity index (χ1v) is 3.72. The predicted octanol–water partition coefficient (Wildman–Crippen LogP) is 2.55. The molecule has 1 aromatic carbocycles. The summed E-state index contributed by atoms with van der Waals surface area (Å²) in [6.45, 7) is 0. The van der Waals surface area contributed by atoms with Gasteiger partial charge in [0.1, 0.15) is 5.82 Å². The Hall–Kier alpha value is -1.52. The highest BCUT2D eigenvalue weighted by Crippen LogP contribution is 2.22. The number of ether oxygens (including phenoxy) is 1. The average Bonchev–Trinajstić information content (AvgIpc) is 2.15. The van der Waals surface area contributed by atoms with Crippen molar-refractivity contribution in [2.45, 2.75) is 6.43 Å². The molecule has 0 aliphatic rings. The number of rotatable bonds is 2. The molecule has 0 N–H and O–H groups in total. The number of hydrogen-bond acceptors (Lipinski definition) is 2. The first-order valence-electron chi connectivity index (χ1n) is 3.72. The summed E-state index contributed by atoms with van der Waals surface area (Å²) in [7, 11) is 1.13. The van der Waals surface area contributed by atoms with Crippen LogP contribution in [0.4, 0.5) is 13.2 Å². The third-order valence-corrected chi connectivity index (χ3v) is 1.66. The van der Waals surface area contributed by atoms with Crippen molar-refractivity contribution < 1.29 is 22.7 Å². The molecule has 76 valence electrons. The van der Waals surface area contributed by atoms with Crippen LogP contribution >= 0.6 is 0 Å². The molecule has 2 nitrogen and oxygen atoms in total. The van der Waals surface area contributed by atoms with Crippen molar-refractivity contribution in [1.29, 1.82) is 0 Å².